The standard InChI is InChI=1S/C13H19ClN2O2/c1-5-11(10(4)14)6-12-9(3)13(16(17)18)8(2)7-15-12/h7,10-11H,5-6H2,1-4H3. The van der Waals surface area contributed by atoms with Gasteiger partial charge in [-0.15, -0.1) is 11.6 Å². The van der Waals surface area contributed by atoms with Crippen LogP contribution in [-0.2, 0) is 6.42 Å². The zero-order valence-corrected chi connectivity index (χ0v) is 12.0. The Hall–Kier alpha value is -1.16. The van der Waals surface area contributed by atoms with Crippen LogP contribution in [0.5, 0.6) is 0 Å². The number of nitro groups is 1. The van der Waals surface area contributed by atoms with Crippen LogP contribution in [0.4, 0.5) is 5.69 Å². The predicted molar refractivity (Wildman–Crippen MR) is 73.2 cm³/mol. The molecule has 1 heterocycles. The van der Waals surface area contributed by atoms with E-state index >= 15 is 0 Å². The summed E-state index contributed by atoms with van der Waals surface area (Å²) in [6.45, 7) is 7.50. The largest absolute Gasteiger partial charge is 0.278 e. The van der Waals surface area contributed by atoms with Crippen LogP contribution < -0.4 is 0 Å². The molecule has 1 rings (SSSR count). The average Bonchev–Trinajstić information content (AvgIpc) is 2.27. The number of aromatic nitrogens is 1. The van der Waals surface area contributed by atoms with Gasteiger partial charge < -0.3 is 0 Å². The van der Waals surface area contributed by atoms with Gasteiger partial charge in [-0.1, -0.05) is 13.3 Å². The van der Waals surface area contributed by atoms with Crippen molar-refractivity contribution in [3.8, 4) is 0 Å². The minimum atomic E-state index is -0.332. The zero-order chi connectivity index (χ0) is 13.9. The minimum Gasteiger partial charge on any atom is -0.260 e. The summed E-state index contributed by atoms with van der Waals surface area (Å²) >= 11 is 6.12. The molecule has 0 aliphatic carbocycles. The Morgan fingerprint density at radius 3 is 2.56 bits per heavy atom. The summed E-state index contributed by atoms with van der Waals surface area (Å²) in [4.78, 5) is 15.0. The van der Waals surface area contributed by atoms with Crippen LogP contribution in [-0.4, -0.2) is 15.3 Å². The number of hydrogen-bond donors (Lipinski definition) is 0. The van der Waals surface area contributed by atoms with E-state index in [4.69, 9.17) is 11.6 Å². The van der Waals surface area contributed by atoms with Crippen molar-refractivity contribution < 1.29 is 4.92 Å². The Balaban J connectivity index is 3.11. The average molecular weight is 271 g/mol. The lowest BCUT2D eigenvalue weighted by atomic mass is 9.94. The van der Waals surface area contributed by atoms with Crippen molar-refractivity contribution in [1.82, 2.24) is 4.98 Å². The second kappa shape index (κ2) is 6.14. The molecular weight excluding hydrogens is 252 g/mol. The fourth-order valence-corrected chi connectivity index (χ4v) is 2.40. The van der Waals surface area contributed by atoms with Gasteiger partial charge in [0.25, 0.3) is 5.69 Å². The summed E-state index contributed by atoms with van der Waals surface area (Å²) in [5.41, 5.74) is 2.23. The molecule has 0 aliphatic rings. The molecule has 0 saturated heterocycles. The summed E-state index contributed by atoms with van der Waals surface area (Å²) in [5, 5.41) is 11.1. The first-order valence-corrected chi connectivity index (χ1v) is 6.55. The molecule has 0 amide bonds. The highest BCUT2D eigenvalue weighted by Gasteiger charge is 2.22. The topological polar surface area (TPSA) is 56.0 Å². The first kappa shape index (κ1) is 14.9. The van der Waals surface area contributed by atoms with Gasteiger partial charge in [-0.25, -0.2) is 0 Å². The fraction of sp³-hybridized carbons (Fsp3) is 0.615. The van der Waals surface area contributed by atoms with Gasteiger partial charge in [0.15, 0.2) is 0 Å². The van der Waals surface area contributed by atoms with Gasteiger partial charge in [-0.05, 0) is 33.1 Å². The smallest absolute Gasteiger partial charge is 0.260 e. The molecule has 4 nitrogen and oxygen atoms in total. The number of pyridine rings is 1. The number of alkyl halides is 1. The lowest BCUT2D eigenvalue weighted by molar-refractivity contribution is -0.386. The molecule has 0 fully saturated rings. The van der Waals surface area contributed by atoms with E-state index in [9.17, 15) is 10.1 Å². The van der Waals surface area contributed by atoms with E-state index in [0.29, 0.717) is 23.5 Å². The number of aryl methyl sites for hydroxylation is 1. The molecule has 1 aromatic rings. The SMILES string of the molecule is CCC(Cc1ncc(C)c([N+](=O)[O-])c1C)C(C)Cl. The second-order valence-corrected chi connectivity index (χ2v) is 5.36. The molecule has 100 valence electrons. The molecular formula is C13H19ClN2O2. The molecule has 0 radical (unpaired) electrons. The monoisotopic (exact) mass is 270 g/mol. The normalized spacial score (nSPS) is 14.3. The molecule has 5 heteroatoms. The van der Waals surface area contributed by atoms with Gasteiger partial charge in [-0.2, -0.15) is 0 Å². The lowest BCUT2D eigenvalue weighted by Crippen LogP contribution is -2.15. The van der Waals surface area contributed by atoms with Crippen molar-refractivity contribution in [2.75, 3.05) is 0 Å². The van der Waals surface area contributed by atoms with Crippen LogP contribution in [0.1, 0.15) is 37.1 Å². The molecule has 2 unspecified atom stereocenters. The van der Waals surface area contributed by atoms with Crippen LogP contribution in [0, 0.1) is 29.9 Å². The van der Waals surface area contributed by atoms with E-state index < -0.39 is 0 Å². The van der Waals surface area contributed by atoms with Gasteiger partial charge >= 0.3 is 0 Å². The lowest BCUT2D eigenvalue weighted by Gasteiger charge is -2.18. The maximum atomic E-state index is 11.0. The Morgan fingerprint density at radius 1 is 1.50 bits per heavy atom. The van der Waals surface area contributed by atoms with Crippen LogP contribution in [0.2, 0.25) is 0 Å². The highest BCUT2D eigenvalue weighted by Crippen LogP contribution is 2.27. The Morgan fingerprint density at radius 2 is 2.11 bits per heavy atom. The van der Waals surface area contributed by atoms with Crippen LogP contribution in [0.25, 0.3) is 0 Å². The number of halogens is 1. The third-order valence-electron chi connectivity index (χ3n) is 3.39. The first-order valence-electron chi connectivity index (χ1n) is 6.12. The van der Waals surface area contributed by atoms with E-state index in [0.717, 1.165) is 12.1 Å². The summed E-state index contributed by atoms with van der Waals surface area (Å²) in [5.74, 6) is 0.292. The molecule has 1 aromatic heterocycles. The Labute approximate surface area is 113 Å². The maximum Gasteiger partial charge on any atom is 0.278 e. The molecule has 0 aliphatic heterocycles. The zero-order valence-electron chi connectivity index (χ0n) is 11.2. The molecule has 0 saturated carbocycles. The Bertz CT molecular complexity index is 447. The van der Waals surface area contributed by atoms with Crippen LogP contribution in [0.3, 0.4) is 0 Å². The third-order valence-corrected chi connectivity index (χ3v) is 3.74. The minimum absolute atomic E-state index is 0.0385. The highest BCUT2D eigenvalue weighted by atomic mass is 35.5. The second-order valence-electron chi connectivity index (χ2n) is 4.67. The van der Waals surface area contributed by atoms with Gasteiger partial charge in [0, 0.05) is 22.7 Å². The fourth-order valence-electron chi connectivity index (χ4n) is 2.13. The van der Waals surface area contributed by atoms with E-state index in [2.05, 4.69) is 11.9 Å². The van der Waals surface area contributed by atoms with E-state index in [1.807, 2.05) is 6.92 Å². The molecule has 18 heavy (non-hydrogen) atoms. The van der Waals surface area contributed by atoms with Crippen molar-refractivity contribution >= 4 is 17.3 Å². The van der Waals surface area contributed by atoms with Crippen molar-refractivity contribution in [1.29, 1.82) is 0 Å². The van der Waals surface area contributed by atoms with E-state index in [-0.39, 0.29) is 16.0 Å². The van der Waals surface area contributed by atoms with Crippen molar-refractivity contribution in [2.45, 2.75) is 45.9 Å². The van der Waals surface area contributed by atoms with Gasteiger partial charge in [0.2, 0.25) is 0 Å². The van der Waals surface area contributed by atoms with Crippen molar-refractivity contribution in [3.05, 3.63) is 33.1 Å². The van der Waals surface area contributed by atoms with E-state index in [1.54, 1.807) is 20.0 Å². The van der Waals surface area contributed by atoms with Crippen molar-refractivity contribution in [3.63, 3.8) is 0 Å². The van der Waals surface area contributed by atoms with E-state index in [1.165, 1.54) is 0 Å². The summed E-state index contributed by atoms with van der Waals surface area (Å²) in [6, 6.07) is 0. The number of nitrogens with zero attached hydrogens (tertiary/aromatic N) is 2. The van der Waals surface area contributed by atoms with Gasteiger partial charge in [0.05, 0.1) is 10.6 Å². The molecule has 0 aromatic carbocycles. The Kier molecular flexibility index (Phi) is 5.08. The maximum absolute atomic E-state index is 11.0. The predicted octanol–water partition coefficient (Wildman–Crippen LogP) is 3.80. The number of rotatable bonds is 5. The highest BCUT2D eigenvalue weighted by molar-refractivity contribution is 6.20. The van der Waals surface area contributed by atoms with Gasteiger partial charge in [0.1, 0.15) is 0 Å². The molecule has 0 N–H and O–H groups in total. The van der Waals surface area contributed by atoms with Crippen LogP contribution >= 0.6 is 11.6 Å². The third kappa shape index (κ3) is 3.19. The van der Waals surface area contributed by atoms with Gasteiger partial charge in [-0.3, -0.25) is 15.1 Å². The van der Waals surface area contributed by atoms with Crippen LogP contribution in [0.15, 0.2) is 6.20 Å². The van der Waals surface area contributed by atoms with Crippen molar-refractivity contribution in [2.24, 2.45) is 5.92 Å². The summed E-state index contributed by atoms with van der Waals surface area (Å²) in [7, 11) is 0. The molecule has 2 atom stereocenters. The molecule has 0 bridgehead atoms. The summed E-state index contributed by atoms with van der Waals surface area (Å²) in [6.07, 6.45) is 3.20. The number of hydrogen-bond acceptors (Lipinski definition) is 3. The molecule has 0 spiro atoms. The summed E-state index contributed by atoms with van der Waals surface area (Å²) < 4.78 is 0. The quantitative estimate of drug-likeness (QED) is 0.464. The first-order chi connectivity index (χ1) is 8.38.